The first-order chi connectivity index (χ1) is 7.00. The Morgan fingerprint density at radius 3 is 2.73 bits per heavy atom. The number of benzene rings is 1. The minimum atomic E-state index is -3.54. The van der Waals surface area contributed by atoms with E-state index in [4.69, 9.17) is 0 Å². The van der Waals surface area contributed by atoms with E-state index in [1.54, 1.807) is 24.3 Å². The number of para-hydroxylation sites is 2. The lowest BCUT2D eigenvalue weighted by Crippen LogP contribution is -2.30. The summed E-state index contributed by atoms with van der Waals surface area (Å²) in [5, 5.41) is 2.55. The fraction of sp³-hybridized carbons (Fsp3) is 0.222. The van der Waals surface area contributed by atoms with E-state index in [-0.39, 0.29) is 0 Å². The van der Waals surface area contributed by atoms with E-state index >= 15 is 0 Å². The van der Waals surface area contributed by atoms with Gasteiger partial charge >= 0.3 is 0 Å². The van der Waals surface area contributed by atoms with E-state index < -0.39 is 21.7 Å². The molecule has 0 saturated carbocycles. The first-order valence-electron chi connectivity index (χ1n) is 4.36. The highest BCUT2D eigenvalue weighted by Crippen LogP contribution is 2.28. The Labute approximate surface area is 87.8 Å². The molecule has 0 spiro atoms. The SMILES string of the molecule is CN1c2ccccc2NC(=O)CS1(=O)=O. The lowest BCUT2D eigenvalue weighted by molar-refractivity contribution is -0.113. The van der Waals surface area contributed by atoms with Gasteiger partial charge in [0.25, 0.3) is 0 Å². The predicted octanol–water partition coefficient (Wildman–Crippen LogP) is 0.405. The van der Waals surface area contributed by atoms with Gasteiger partial charge in [0.1, 0.15) is 5.75 Å². The van der Waals surface area contributed by atoms with Crippen LogP contribution in [-0.2, 0) is 14.8 Å². The topological polar surface area (TPSA) is 66.5 Å². The third kappa shape index (κ3) is 1.68. The van der Waals surface area contributed by atoms with Gasteiger partial charge in [-0.2, -0.15) is 0 Å². The van der Waals surface area contributed by atoms with Crippen LogP contribution < -0.4 is 9.62 Å². The van der Waals surface area contributed by atoms with E-state index in [0.29, 0.717) is 11.4 Å². The number of carbonyl (C=O) groups excluding carboxylic acids is 1. The Morgan fingerprint density at radius 1 is 1.33 bits per heavy atom. The molecule has 0 atom stereocenters. The number of rotatable bonds is 0. The maximum atomic E-state index is 11.6. The number of hydrogen-bond donors (Lipinski definition) is 1. The van der Waals surface area contributed by atoms with Crippen LogP contribution in [0.25, 0.3) is 0 Å². The summed E-state index contributed by atoms with van der Waals surface area (Å²) < 4.78 is 24.4. The zero-order chi connectivity index (χ0) is 11.1. The van der Waals surface area contributed by atoms with Gasteiger partial charge in [0.05, 0.1) is 11.4 Å². The van der Waals surface area contributed by atoms with Gasteiger partial charge in [-0.1, -0.05) is 12.1 Å². The third-order valence-corrected chi connectivity index (χ3v) is 3.91. The van der Waals surface area contributed by atoms with Crippen molar-refractivity contribution in [3.05, 3.63) is 24.3 Å². The summed E-state index contributed by atoms with van der Waals surface area (Å²) in [6, 6.07) is 6.79. The summed E-state index contributed by atoms with van der Waals surface area (Å²) >= 11 is 0. The minimum Gasteiger partial charge on any atom is -0.323 e. The van der Waals surface area contributed by atoms with E-state index in [0.717, 1.165) is 4.31 Å². The highest BCUT2D eigenvalue weighted by atomic mass is 32.2. The molecule has 1 aromatic carbocycles. The van der Waals surface area contributed by atoms with Crippen LogP contribution in [0.4, 0.5) is 11.4 Å². The first kappa shape index (κ1) is 9.97. The molecular weight excluding hydrogens is 216 g/mol. The summed E-state index contributed by atoms with van der Waals surface area (Å²) in [6.07, 6.45) is 0. The molecule has 2 rings (SSSR count). The minimum absolute atomic E-state index is 0.489. The second-order valence-corrected chi connectivity index (χ2v) is 5.29. The van der Waals surface area contributed by atoms with Gasteiger partial charge in [-0.25, -0.2) is 8.42 Å². The first-order valence-corrected chi connectivity index (χ1v) is 5.97. The number of amides is 1. The summed E-state index contributed by atoms with van der Waals surface area (Å²) in [5.74, 6) is -1.02. The van der Waals surface area contributed by atoms with Gasteiger partial charge in [0, 0.05) is 7.05 Å². The Morgan fingerprint density at radius 2 is 2.00 bits per heavy atom. The molecule has 1 heterocycles. The Kier molecular flexibility index (Phi) is 2.15. The molecule has 1 aromatic rings. The van der Waals surface area contributed by atoms with Gasteiger partial charge in [-0.05, 0) is 12.1 Å². The van der Waals surface area contributed by atoms with Crippen molar-refractivity contribution in [2.24, 2.45) is 0 Å². The van der Waals surface area contributed by atoms with Crippen LogP contribution in [0.5, 0.6) is 0 Å². The maximum absolute atomic E-state index is 11.6. The predicted molar refractivity (Wildman–Crippen MR) is 57.3 cm³/mol. The molecule has 0 unspecified atom stereocenters. The van der Waals surface area contributed by atoms with Crippen molar-refractivity contribution >= 4 is 27.3 Å². The molecule has 0 aliphatic carbocycles. The van der Waals surface area contributed by atoms with E-state index in [2.05, 4.69) is 5.32 Å². The fourth-order valence-corrected chi connectivity index (χ4v) is 2.51. The molecule has 15 heavy (non-hydrogen) atoms. The fourth-order valence-electron chi connectivity index (χ4n) is 1.45. The highest BCUT2D eigenvalue weighted by Gasteiger charge is 2.28. The van der Waals surface area contributed by atoms with Crippen LogP contribution in [0.2, 0.25) is 0 Å². The quantitative estimate of drug-likeness (QED) is 0.696. The van der Waals surface area contributed by atoms with Crippen molar-refractivity contribution in [2.75, 3.05) is 22.4 Å². The molecule has 80 valence electrons. The number of carbonyl (C=O) groups is 1. The normalized spacial score (nSPS) is 19.0. The van der Waals surface area contributed by atoms with Crippen molar-refractivity contribution in [1.29, 1.82) is 0 Å². The number of fused-ring (bicyclic) bond motifs is 1. The highest BCUT2D eigenvalue weighted by molar-refractivity contribution is 7.93. The third-order valence-electron chi connectivity index (χ3n) is 2.25. The van der Waals surface area contributed by atoms with E-state index in [1.807, 2.05) is 0 Å². The van der Waals surface area contributed by atoms with E-state index in [1.165, 1.54) is 7.05 Å². The Hall–Kier alpha value is -1.56. The molecule has 1 amide bonds. The van der Waals surface area contributed by atoms with E-state index in [9.17, 15) is 13.2 Å². The Bertz CT molecular complexity index is 510. The number of hydrogen-bond acceptors (Lipinski definition) is 3. The molecule has 0 fully saturated rings. The summed E-state index contributed by atoms with van der Waals surface area (Å²) in [6.45, 7) is 0. The van der Waals surface area contributed by atoms with Crippen LogP contribution in [-0.4, -0.2) is 27.1 Å². The summed E-state index contributed by atoms with van der Waals surface area (Å²) in [5.41, 5.74) is 1.01. The molecule has 1 aliphatic heterocycles. The number of anilines is 2. The number of sulfonamides is 1. The van der Waals surface area contributed by atoms with Crippen molar-refractivity contribution in [2.45, 2.75) is 0 Å². The van der Waals surface area contributed by atoms with Gasteiger partial charge in [0.15, 0.2) is 0 Å². The van der Waals surface area contributed by atoms with Crippen LogP contribution in [0, 0.1) is 0 Å². The molecule has 6 heteroatoms. The van der Waals surface area contributed by atoms with Gasteiger partial charge in [0.2, 0.25) is 15.9 Å². The maximum Gasteiger partial charge on any atom is 0.244 e. The van der Waals surface area contributed by atoms with Gasteiger partial charge < -0.3 is 5.32 Å². The summed E-state index contributed by atoms with van der Waals surface area (Å²) in [4.78, 5) is 11.3. The standard InChI is InChI=1S/C9H10N2O3S/c1-11-8-5-3-2-4-7(8)10-9(12)6-15(11,13)14/h2-5H,6H2,1H3,(H,10,12). The largest absolute Gasteiger partial charge is 0.323 e. The molecule has 0 aromatic heterocycles. The molecule has 0 saturated heterocycles. The zero-order valence-corrected chi connectivity index (χ0v) is 8.91. The molecule has 1 N–H and O–H groups in total. The van der Waals surface area contributed by atoms with Crippen LogP contribution in [0.3, 0.4) is 0 Å². The number of nitrogens with zero attached hydrogens (tertiary/aromatic N) is 1. The second-order valence-electron chi connectivity index (χ2n) is 3.29. The van der Waals surface area contributed by atoms with Gasteiger partial charge in [-0.15, -0.1) is 0 Å². The van der Waals surface area contributed by atoms with Crippen LogP contribution in [0.15, 0.2) is 24.3 Å². The van der Waals surface area contributed by atoms with Crippen LogP contribution >= 0.6 is 0 Å². The molecular formula is C9H10N2O3S. The average molecular weight is 226 g/mol. The average Bonchev–Trinajstić information content (AvgIpc) is 2.23. The lowest BCUT2D eigenvalue weighted by Gasteiger charge is -2.17. The molecule has 1 aliphatic rings. The lowest BCUT2D eigenvalue weighted by atomic mass is 10.2. The van der Waals surface area contributed by atoms with Crippen molar-refractivity contribution in [1.82, 2.24) is 0 Å². The van der Waals surface area contributed by atoms with Crippen molar-refractivity contribution in [3.63, 3.8) is 0 Å². The van der Waals surface area contributed by atoms with Crippen molar-refractivity contribution < 1.29 is 13.2 Å². The van der Waals surface area contributed by atoms with Crippen LogP contribution in [0.1, 0.15) is 0 Å². The summed E-state index contributed by atoms with van der Waals surface area (Å²) in [7, 11) is -2.10. The Balaban J connectivity index is 2.63. The molecule has 0 bridgehead atoms. The number of nitrogens with one attached hydrogen (secondary N) is 1. The smallest absolute Gasteiger partial charge is 0.244 e. The second kappa shape index (κ2) is 3.23. The monoisotopic (exact) mass is 226 g/mol. The van der Waals surface area contributed by atoms with Crippen molar-refractivity contribution in [3.8, 4) is 0 Å². The zero-order valence-electron chi connectivity index (χ0n) is 8.10. The molecule has 0 radical (unpaired) electrons. The molecule has 5 nitrogen and oxygen atoms in total. The van der Waals surface area contributed by atoms with Gasteiger partial charge in [-0.3, -0.25) is 9.10 Å².